The van der Waals surface area contributed by atoms with E-state index in [9.17, 15) is 8.42 Å². The van der Waals surface area contributed by atoms with Crippen molar-refractivity contribution in [3.05, 3.63) is 23.2 Å². The molecular formula is C11H17ClN2O3S. The monoisotopic (exact) mass is 292 g/mol. The molecular weight excluding hydrogens is 276 g/mol. The van der Waals surface area contributed by atoms with Crippen LogP contribution < -0.4 is 10.5 Å². The molecule has 102 valence electrons. The quantitative estimate of drug-likeness (QED) is 0.687. The fourth-order valence-electron chi connectivity index (χ4n) is 1.39. The Bertz CT molecular complexity index is 505. The number of hydrogen-bond acceptors (Lipinski definition) is 4. The van der Waals surface area contributed by atoms with Crippen molar-refractivity contribution >= 4 is 27.3 Å². The van der Waals surface area contributed by atoms with Gasteiger partial charge in [-0.2, -0.15) is 0 Å². The number of sulfonamides is 1. The molecule has 0 aromatic heterocycles. The number of aliphatic hydroxyl groups excluding tert-OH is 1. The average Bonchev–Trinajstić information content (AvgIpc) is 2.26. The predicted molar refractivity (Wildman–Crippen MR) is 71.9 cm³/mol. The van der Waals surface area contributed by atoms with Gasteiger partial charge in [0.1, 0.15) is 4.90 Å². The van der Waals surface area contributed by atoms with Crippen LogP contribution in [0.1, 0.15) is 13.3 Å². The van der Waals surface area contributed by atoms with Gasteiger partial charge >= 0.3 is 0 Å². The number of nitrogens with one attached hydrogen (secondary N) is 1. The first kappa shape index (κ1) is 15.2. The van der Waals surface area contributed by atoms with Crippen LogP contribution in [0.25, 0.3) is 0 Å². The number of rotatable bonds is 6. The number of nitrogen functional groups attached to an aromatic ring is 1. The van der Waals surface area contributed by atoms with Crippen molar-refractivity contribution in [3.63, 3.8) is 0 Å². The van der Waals surface area contributed by atoms with Gasteiger partial charge in [-0.3, -0.25) is 0 Å². The molecule has 7 heteroatoms. The Morgan fingerprint density at radius 3 is 2.72 bits per heavy atom. The van der Waals surface area contributed by atoms with Crippen LogP contribution in [-0.2, 0) is 10.0 Å². The van der Waals surface area contributed by atoms with Crippen molar-refractivity contribution in [1.82, 2.24) is 4.72 Å². The molecule has 0 fully saturated rings. The third kappa shape index (κ3) is 4.13. The highest BCUT2D eigenvalue weighted by atomic mass is 35.5. The molecule has 0 aliphatic rings. The molecule has 0 saturated carbocycles. The van der Waals surface area contributed by atoms with Crippen molar-refractivity contribution in [2.45, 2.75) is 18.2 Å². The smallest absolute Gasteiger partial charge is 0.242 e. The molecule has 1 aromatic rings. The minimum absolute atomic E-state index is 0.00886. The Morgan fingerprint density at radius 2 is 2.17 bits per heavy atom. The number of benzene rings is 1. The molecule has 4 N–H and O–H groups in total. The Morgan fingerprint density at radius 1 is 1.50 bits per heavy atom. The van der Waals surface area contributed by atoms with E-state index in [0.717, 1.165) is 0 Å². The van der Waals surface area contributed by atoms with E-state index in [2.05, 4.69) is 4.72 Å². The fourth-order valence-corrected chi connectivity index (χ4v) is 3.10. The van der Waals surface area contributed by atoms with Crippen LogP contribution in [0.5, 0.6) is 0 Å². The van der Waals surface area contributed by atoms with E-state index in [1.165, 1.54) is 18.2 Å². The molecule has 0 bridgehead atoms. The highest BCUT2D eigenvalue weighted by molar-refractivity contribution is 7.89. The summed E-state index contributed by atoms with van der Waals surface area (Å²) in [5.41, 5.74) is 5.91. The minimum Gasteiger partial charge on any atom is -0.399 e. The second-order valence-electron chi connectivity index (χ2n) is 4.16. The Hall–Kier alpha value is -0.820. The van der Waals surface area contributed by atoms with Gasteiger partial charge in [0, 0.05) is 18.8 Å². The number of nitrogens with two attached hydrogens (primary N) is 1. The number of halogens is 1. The summed E-state index contributed by atoms with van der Waals surface area (Å²) in [5.74, 6) is 0.0531. The van der Waals surface area contributed by atoms with Crippen molar-refractivity contribution in [2.75, 3.05) is 18.9 Å². The summed E-state index contributed by atoms with van der Waals surface area (Å²) >= 11 is 5.85. The molecule has 0 radical (unpaired) electrons. The molecule has 0 saturated heterocycles. The number of anilines is 1. The molecule has 0 spiro atoms. The van der Waals surface area contributed by atoms with Crippen LogP contribution in [-0.4, -0.2) is 26.7 Å². The maximum Gasteiger partial charge on any atom is 0.242 e. The predicted octanol–water partition coefficient (Wildman–Crippen LogP) is 1.22. The van der Waals surface area contributed by atoms with Gasteiger partial charge in [-0.15, -0.1) is 0 Å². The van der Waals surface area contributed by atoms with Crippen LogP contribution in [0.4, 0.5) is 5.69 Å². The van der Waals surface area contributed by atoms with Gasteiger partial charge in [0.25, 0.3) is 0 Å². The first-order valence-corrected chi connectivity index (χ1v) is 7.38. The molecule has 0 amide bonds. The zero-order chi connectivity index (χ0) is 13.8. The molecule has 1 rings (SSSR count). The van der Waals surface area contributed by atoms with Crippen molar-refractivity contribution in [1.29, 1.82) is 0 Å². The minimum atomic E-state index is -3.64. The highest BCUT2D eigenvalue weighted by Gasteiger charge is 2.18. The van der Waals surface area contributed by atoms with Gasteiger partial charge in [-0.1, -0.05) is 18.5 Å². The van der Waals surface area contributed by atoms with E-state index in [-0.39, 0.29) is 29.0 Å². The lowest BCUT2D eigenvalue weighted by atomic mass is 10.1. The normalized spacial score (nSPS) is 13.5. The summed E-state index contributed by atoms with van der Waals surface area (Å²) in [5, 5.41) is 8.84. The second-order valence-corrected chi connectivity index (χ2v) is 6.30. The van der Waals surface area contributed by atoms with Gasteiger partial charge in [0.05, 0.1) is 5.02 Å². The molecule has 0 aliphatic carbocycles. The first-order chi connectivity index (χ1) is 8.36. The SMILES string of the molecule is CC(CCO)CNS(=O)(=O)c1ccc(N)cc1Cl. The van der Waals surface area contributed by atoms with Gasteiger partial charge < -0.3 is 10.8 Å². The van der Waals surface area contributed by atoms with E-state index in [1.807, 2.05) is 6.92 Å². The third-order valence-corrected chi connectivity index (χ3v) is 4.40. The van der Waals surface area contributed by atoms with Crippen LogP contribution in [0, 0.1) is 5.92 Å². The van der Waals surface area contributed by atoms with Crippen LogP contribution in [0.2, 0.25) is 5.02 Å². The standard InChI is InChI=1S/C11H17ClN2O3S/c1-8(4-5-15)7-14-18(16,17)11-3-2-9(13)6-10(11)12/h2-3,6,8,14-15H,4-5,7,13H2,1H3. The molecule has 1 atom stereocenters. The Kier molecular flexibility index (Phi) is 5.40. The summed E-state index contributed by atoms with van der Waals surface area (Å²) in [6, 6.07) is 4.25. The van der Waals surface area contributed by atoms with E-state index in [1.54, 1.807) is 0 Å². The zero-order valence-electron chi connectivity index (χ0n) is 10.1. The molecule has 0 aliphatic heterocycles. The first-order valence-electron chi connectivity index (χ1n) is 5.52. The summed E-state index contributed by atoms with van der Waals surface area (Å²) in [7, 11) is -3.64. The second kappa shape index (κ2) is 6.38. The molecule has 0 heterocycles. The molecule has 1 unspecified atom stereocenters. The summed E-state index contributed by atoms with van der Waals surface area (Å²) in [4.78, 5) is 0.00886. The lowest BCUT2D eigenvalue weighted by Crippen LogP contribution is -2.29. The van der Waals surface area contributed by atoms with Gasteiger partial charge in [0.15, 0.2) is 0 Å². The largest absolute Gasteiger partial charge is 0.399 e. The lowest BCUT2D eigenvalue weighted by Gasteiger charge is -2.12. The van der Waals surface area contributed by atoms with Crippen LogP contribution in [0.15, 0.2) is 23.1 Å². The van der Waals surface area contributed by atoms with Crippen LogP contribution >= 0.6 is 11.6 Å². The summed E-state index contributed by atoms with van der Waals surface area (Å²) in [6.45, 7) is 2.14. The topological polar surface area (TPSA) is 92.4 Å². The van der Waals surface area contributed by atoms with Crippen molar-refractivity contribution in [3.8, 4) is 0 Å². The Labute approximate surface area is 112 Å². The van der Waals surface area contributed by atoms with E-state index < -0.39 is 10.0 Å². The maximum atomic E-state index is 12.0. The third-order valence-electron chi connectivity index (χ3n) is 2.49. The highest BCUT2D eigenvalue weighted by Crippen LogP contribution is 2.23. The maximum absolute atomic E-state index is 12.0. The molecule has 5 nitrogen and oxygen atoms in total. The number of hydrogen-bond donors (Lipinski definition) is 3. The molecule has 18 heavy (non-hydrogen) atoms. The Balaban J connectivity index is 2.80. The van der Waals surface area contributed by atoms with E-state index >= 15 is 0 Å². The van der Waals surface area contributed by atoms with E-state index in [0.29, 0.717) is 12.1 Å². The van der Waals surface area contributed by atoms with E-state index in [4.69, 9.17) is 22.4 Å². The van der Waals surface area contributed by atoms with Gasteiger partial charge in [-0.25, -0.2) is 13.1 Å². The van der Waals surface area contributed by atoms with Gasteiger partial charge in [0.2, 0.25) is 10.0 Å². The number of aliphatic hydroxyl groups is 1. The van der Waals surface area contributed by atoms with Crippen molar-refractivity contribution < 1.29 is 13.5 Å². The average molecular weight is 293 g/mol. The van der Waals surface area contributed by atoms with Gasteiger partial charge in [-0.05, 0) is 30.5 Å². The fraction of sp³-hybridized carbons (Fsp3) is 0.455. The summed E-state index contributed by atoms with van der Waals surface area (Å²) in [6.07, 6.45) is 0.540. The lowest BCUT2D eigenvalue weighted by molar-refractivity contribution is 0.263. The summed E-state index contributed by atoms with van der Waals surface area (Å²) < 4.78 is 26.4. The van der Waals surface area contributed by atoms with Crippen molar-refractivity contribution in [2.24, 2.45) is 5.92 Å². The van der Waals surface area contributed by atoms with Crippen LogP contribution in [0.3, 0.4) is 0 Å². The molecule has 1 aromatic carbocycles. The zero-order valence-corrected chi connectivity index (χ0v) is 11.6.